The average Bonchev–Trinajstić information content (AvgIpc) is 2.55. The number of hydrogen-bond donors (Lipinski definition) is 1. The maximum atomic E-state index is 10.9. The second-order valence-electron chi connectivity index (χ2n) is 5.69. The molecule has 0 bridgehead atoms. The molecule has 1 N–H and O–H groups in total. The maximum absolute atomic E-state index is 10.9. The van der Waals surface area contributed by atoms with E-state index in [1.165, 1.54) is 6.92 Å². The van der Waals surface area contributed by atoms with Crippen molar-refractivity contribution in [3.05, 3.63) is 42.2 Å². The van der Waals surface area contributed by atoms with Crippen LogP contribution in [-0.4, -0.2) is 28.0 Å². The summed E-state index contributed by atoms with van der Waals surface area (Å²) in [6.07, 6.45) is 3.27. The van der Waals surface area contributed by atoms with E-state index in [0.29, 0.717) is 11.3 Å². The van der Waals surface area contributed by atoms with Gasteiger partial charge in [-0.1, -0.05) is 11.8 Å². The number of nitrogens with one attached hydrogen (secondary N) is 1. The lowest BCUT2D eigenvalue weighted by Crippen LogP contribution is -2.28. The first kappa shape index (κ1) is 18.3. The van der Waals surface area contributed by atoms with Crippen LogP contribution in [0.1, 0.15) is 33.3 Å². The van der Waals surface area contributed by atoms with Crippen molar-refractivity contribution >= 4 is 5.91 Å². The first-order valence-corrected chi connectivity index (χ1v) is 7.97. The molecule has 0 radical (unpaired) electrons. The summed E-state index contributed by atoms with van der Waals surface area (Å²) in [5.41, 5.74) is 0.644. The Morgan fingerprint density at radius 1 is 1.08 bits per heavy atom. The van der Waals surface area contributed by atoms with Crippen LogP contribution in [0, 0.1) is 11.8 Å². The van der Waals surface area contributed by atoms with E-state index in [0.717, 1.165) is 5.75 Å². The van der Waals surface area contributed by atoms with E-state index < -0.39 is 0 Å². The predicted octanol–water partition coefficient (Wildman–Crippen LogP) is 2.93. The molecule has 2 rings (SSSR count). The van der Waals surface area contributed by atoms with Crippen LogP contribution in [0.2, 0.25) is 0 Å². The Hall–Kier alpha value is -3.07. The van der Waals surface area contributed by atoms with Crippen molar-refractivity contribution in [1.82, 2.24) is 15.3 Å². The van der Waals surface area contributed by atoms with Crippen LogP contribution in [0.5, 0.6) is 17.5 Å². The van der Waals surface area contributed by atoms with E-state index in [1.807, 2.05) is 26.0 Å². The second-order valence-corrected chi connectivity index (χ2v) is 5.69. The van der Waals surface area contributed by atoms with Gasteiger partial charge < -0.3 is 14.8 Å². The average molecular weight is 339 g/mol. The molecule has 0 aliphatic carbocycles. The minimum absolute atomic E-state index is 0.119. The highest BCUT2D eigenvalue weighted by molar-refractivity contribution is 5.73. The molecule has 1 heterocycles. The summed E-state index contributed by atoms with van der Waals surface area (Å²) in [4.78, 5) is 19.2. The van der Waals surface area contributed by atoms with Crippen LogP contribution < -0.4 is 14.8 Å². The Morgan fingerprint density at radius 2 is 1.68 bits per heavy atom. The number of carbonyl (C=O) groups is 1. The lowest BCUT2D eigenvalue weighted by atomic mass is 10.3. The molecule has 1 unspecified atom stereocenters. The smallest absolute Gasteiger partial charge is 0.321 e. The molecule has 2 aromatic rings. The third-order valence-corrected chi connectivity index (χ3v) is 2.89. The minimum atomic E-state index is -0.236. The van der Waals surface area contributed by atoms with E-state index >= 15 is 0 Å². The van der Waals surface area contributed by atoms with Gasteiger partial charge in [-0.05, 0) is 45.0 Å². The SMILES string of the molecule is CC(=O)NC(C)C#Cc1cnc(Oc2ccc(OC(C)C)cc2)nc1. The molecule has 0 aliphatic rings. The van der Waals surface area contributed by atoms with Gasteiger partial charge in [0.05, 0.1) is 17.7 Å². The molecular formula is C19H21N3O3. The van der Waals surface area contributed by atoms with Gasteiger partial charge in [-0.25, -0.2) is 9.97 Å². The van der Waals surface area contributed by atoms with E-state index in [4.69, 9.17) is 9.47 Å². The number of amides is 1. The Kier molecular flexibility index (Phi) is 6.35. The monoisotopic (exact) mass is 339 g/mol. The zero-order valence-corrected chi connectivity index (χ0v) is 14.7. The molecule has 130 valence electrons. The van der Waals surface area contributed by atoms with Crippen LogP contribution in [0.25, 0.3) is 0 Å². The highest BCUT2D eigenvalue weighted by Gasteiger charge is 2.03. The van der Waals surface area contributed by atoms with Gasteiger partial charge in [-0.3, -0.25) is 4.79 Å². The van der Waals surface area contributed by atoms with Crippen molar-refractivity contribution < 1.29 is 14.3 Å². The Balaban J connectivity index is 1.96. The quantitative estimate of drug-likeness (QED) is 0.848. The van der Waals surface area contributed by atoms with E-state index in [1.54, 1.807) is 31.5 Å². The van der Waals surface area contributed by atoms with Gasteiger partial charge in [0.1, 0.15) is 11.5 Å². The Bertz CT molecular complexity index is 759. The molecule has 25 heavy (non-hydrogen) atoms. The zero-order valence-electron chi connectivity index (χ0n) is 14.7. The largest absolute Gasteiger partial charge is 0.491 e. The van der Waals surface area contributed by atoms with Crippen molar-refractivity contribution in [3.63, 3.8) is 0 Å². The summed E-state index contributed by atoms with van der Waals surface area (Å²) in [7, 11) is 0. The molecule has 0 fully saturated rings. The number of aromatic nitrogens is 2. The fourth-order valence-corrected chi connectivity index (χ4v) is 1.93. The highest BCUT2D eigenvalue weighted by Crippen LogP contribution is 2.21. The third kappa shape index (κ3) is 6.51. The van der Waals surface area contributed by atoms with Crippen molar-refractivity contribution in [2.24, 2.45) is 0 Å². The normalized spacial score (nSPS) is 11.2. The van der Waals surface area contributed by atoms with Gasteiger partial charge in [-0.2, -0.15) is 0 Å². The summed E-state index contributed by atoms with van der Waals surface area (Å²) in [6.45, 7) is 7.20. The summed E-state index contributed by atoms with van der Waals surface area (Å²) in [6, 6.07) is 7.25. The number of hydrogen-bond acceptors (Lipinski definition) is 5. The third-order valence-electron chi connectivity index (χ3n) is 2.89. The van der Waals surface area contributed by atoms with E-state index in [9.17, 15) is 4.79 Å². The van der Waals surface area contributed by atoms with Crippen molar-refractivity contribution in [1.29, 1.82) is 0 Å². The Morgan fingerprint density at radius 3 is 2.24 bits per heavy atom. The van der Waals surface area contributed by atoms with E-state index in [-0.39, 0.29) is 24.1 Å². The Labute approximate surface area is 147 Å². The molecule has 0 spiro atoms. The predicted molar refractivity (Wildman–Crippen MR) is 94.5 cm³/mol. The van der Waals surface area contributed by atoms with Gasteiger partial charge >= 0.3 is 6.01 Å². The maximum Gasteiger partial charge on any atom is 0.321 e. The summed E-state index contributed by atoms with van der Waals surface area (Å²) < 4.78 is 11.2. The van der Waals surface area contributed by atoms with Crippen LogP contribution >= 0.6 is 0 Å². The molecule has 6 nitrogen and oxygen atoms in total. The molecule has 1 aromatic carbocycles. The van der Waals surface area contributed by atoms with Gasteiger partial charge in [0.25, 0.3) is 0 Å². The summed E-state index contributed by atoms with van der Waals surface area (Å²) in [5.74, 6) is 7.09. The zero-order chi connectivity index (χ0) is 18.2. The number of nitrogens with zero attached hydrogens (tertiary/aromatic N) is 2. The van der Waals surface area contributed by atoms with Gasteiger partial charge in [0, 0.05) is 19.3 Å². The van der Waals surface area contributed by atoms with Crippen LogP contribution in [0.3, 0.4) is 0 Å². The first-order valence-electron chi connectivity index (χ1n) is 7.97. The lowest BCUT2D eigenvalue weighted by molar-refractivity contribution is -0.119. The second kappa shape index (κ2) is 8.69. The molecule has 1 atom stereocenters. The van der Waals surface area contributed by atoms with Gasteiger partial charge in [0.15, 0.2) is 0 Å². The topological polar surface area (TPSA) is 73.3 Å². The molecule has 1 aromatic heterocycles. The molecule has 1 amide bonds. The van der Waals surface area contributed by atoms with Crippen molar-refractivity contribution in [2.75, 3.05) is 0 Å². The standard InChI is InChI=1S/C19H21N3O3/c1-13(2)24-17-7-9-18(10-8-17)25-19-20-11-16(12-21-19)6-5-14(3)22-15(4)23/h7-14H,1-4H3,(H,22,23). The summed E-state index contributed by atoms with van der Waals surface area (Å²) in [5, 5.41) is 2.68. The molecule has 0 aliphatic heterocycles. The first-order chi connectivity index (χ1) is 11.9. The van der Waals surface area contributed by atoms with Crippen LogP contribution in [-0.2, 0) is 4.79 Å². The molecule has 0 saturated heterocycles. The number of benzene rings is 1. The fourth-order valence-electron chi connectivity index (χ4n) is 1.93. The molecular weight excluding hydrogens is 318 g/mol. The van der Waals surface area contributed by atoms with Crippen molar-refractivity contribution in [3.8, 4) is 29.4 Å². The summed E-state index contributed by atoms with van der Waals surface area (Å²) >= 11 is 0. The number of rotatable bonds is 5. The van der Waals surface area contributed by atoms with Gasteiger partial charge in [-0.15, -0.1) is 0 Å². The lowest BCUT2D eigenvalue weighted by Gasteiger charge is -2.10. The molecule has 6 heteroatoms. The fraction of sp³-hybridized carbons (Fsp3) is 0.316. The highest BCUT2D eigenvalue weighted by atomic mass is 16.5. The molecule has 0 saturated carbocycles. The van der Waals surface area contributed by atoms with Crippen LogP contribution in [0.15, 0.2) is 36.7 Å². The van der Waals surface area contributed by atoms with Gasteiger partial charge in [0.2, 0.25) is 5.91 Å². The number of carbonyl (C=O) groups excluding carboxylic acids is 1. The van der Waals surface area contributed by atoms with E-state index in [2.05, 4.69) is 27.1 Å². The number of ether oxygens (including phenoxy) is 2. The van der Waals surface area contributed by atoms with Crippen LogP contribution in [0.4, 0.5) is 0 Å². The minimum Gasteiger partial charge on any atom is -0.491 e. The van der Waals surface area contributed by atoms with Crippen molar-refractivity contribution in [2.45, 2.75) is 39.8 Å².